The highest BCUT2D eigenvalue weighted by Gasteiger charge is 2.73. The number of aliphatic hydroxyl groups excluding tert-OH is 1. The molecule has 2 aromatic carbocycles. The van der Waals surface area contributed by atoms with Crippen LogP contribution in [0.2, 0.25) is 0 Å². The summed E-state index contributed by atoms with van der Waals surface area (Å²) in [6.07, 6.45) is -7.29. The number of nitrogens with zero attached hydrogens (tertiary/aromatic N) is 1. The summed E-state index contributed by atoms with van der Waals surface area (Å²) < 4.78 is 94.5. The molecule has 45 heavy (non-hydrogen) atoms. The van der Waals surface area contributed by atoms with Gasteiger partial charge in [-0.2, -0.15) is 26.3 Å². The van der Waals surface area contributed by atoms with Crippen molar-refractivity contribution in [2.24, 2.45) is 5.41 Å². The minimum Gasteiger partial charge on any atom is -0.400 e. The van der Waals surface area contributed by atoms with E-state index in [1.165, 1.54) is 17.2 Å². The van der Waals surface area contributed by atoms with E-state index in [9.17, 15) is 40.6 Å². The Bertz CT molecular complexity index is 1330. The first-order chi connectivity index (χ1) is 20.9. The van der Waals surface area contributed by atoms with Crippen molar-refractivity contribution in [2.75, 3.05) is 13.7 Å². The molecular weight excluding hydrogens is 603 g/mol. The summed E-state index contributed by atoms with van der Waals surface area (Å²) in [5.41, 5.74) is -5.71. The quantitative estimate of drug-likeness (QED) is 0.328. The van der Waals surface area contributed by atoms with Gasteiger partial charge in [-0.25, -0.2) is 4.39 Å². The van der Waals surface area contributed by atoms with Crippen LogP contribution in [0.5, 0.6) is 0 Å². The van der Waals surface area contributed by atoms with Crippen molar-refractivity contribution in [3.8, 4) is 0 Å². The van der Waals surface area contributed by atoms with Gasteiger partial charge in [0.25, 0.3) is 0 Å². The van der Waals surface area contributed by atoms with Crippen LogP contribution in [0.4, 0.5) is 30.7 Å². The van der Waals surface area contributed by atoms with Crippen molar-refractivity contribution in [3.05, 3.63) is 70.3 Å². The summed E-state index contributed by atoms with van der Waals surface area (Å²) in [5, 5.41) is 17.9. The van der Waals surface area contributed by atoms with E-state index in [1.807, 2.05) is 6.92 Å². The van der Waals surface area contributed by atoms with E-state index in [-0.39, 0.29) is 17.9 Å². The molecule has 4 aliphatic rings. The van der Waals surface area contributed by atoms with Gasteiger partial charge in [-0.1, -0.05) is 60.5 Å². The third kappa shape index (κ3) is 6.11. The second kappa shape index (κ2) is 12.2. The molecule has 1 aliphatic heterocycles. The molecule has 1 amide bonds. The normalized spacial score (nSPS) is 29.1. The number of rotatable bonds is 2. The van der Waals surface area contributed by atoms with E-state index in [4.69, 9.17) is 5.11 Å². The zero-order valence-electron chi connectivity index (χ0n) is 26.1. The van der Waals surface area contributed by atoms with Crippen LogP contribution in [0.1, 0.15) is 86.1 Å². The van der Waals surface area contributed by atoms with Gasteiger partial charge in [-0.3, -0.25) is 4.79 Å². The smallest absolute Gasteiger partial charge is 0.400 e. The Morgan fingerprint density at radius 2 is 1.33 bits per heavy atom. The minimum absolute atomic E-state index is 0.0670. The Morgan fingerprint density at radius 3 is 1.82 bits per heavy atom. The summed E-state index contributed by atoms with van der Waals surface area (Å²) in [6, 6.07) is 10.5. The second-order valence-corrected chi connectivity index (χ2v) is 13.5. The minimum atomic E-state index is -6.17. The first-order valence-electron chi connectivity index (χ1n) is 15.3. The number of carbonyl (C=O) groups excluding carboxylic acids is 1. The molecule has 4 nitrogen and oxygen atoms in total. The van der Waals surface area contributed by atoms with Gasteiger partial charge >= 0.3 is 18.0 Å². The molecular formula is C34H42F7NO3. The largest absolute Gasteiger partial charge is 0.435 e. The van der Waals surface area contributed by atoms with E-state index < -0.39 is 46.1 Å². The zero-order valence-corrected chi connectivity index (χ0v) is 26.1. The second-order valence-electron chi connectivity index (χ2n) is 13.5. The third-order valence-corrected chi connectivity index (χ3v) is 10.5. The molecule has 11 heteroatoms. The fourth-order valence-electron chi connectivity index (χ4n) is 8.12. The lowest BCUT2D eigenvalue weighted by Crippen LogP contribution is -2.55. The Labute approximate surface area is 259 Å². The number of carbonyl (C=O) groups is 1. The third-order valence-electron chi connectivity index (χ3n) is 10.5. The Kier molecular flexibility index (Phi) is 9.52. The lowest BCUT2D eigenvalue weighted by molar-refractivity contribution is -0.348. The van der Waals surface area contributed by atoms with Crippen molar-refractivity contribution >= 4 is 5.91 Å². The average molecular weight is 646 g/mol. The standard InChI is InChI=1S/C25H28F7NO2.C8H10.CH4O/c1-20-10-11-33(19(34)21-6-2-8-22(35,14-21)9-3-7-21)18(20)13-15-12-16(4-5-17(15)20)23(26,24(27,28)29)25(30,31)32;1-7-3-5-8(2)6-4-7;1-2/h4-5,12,18,35H,2-3,6-11,13-14H2,1H3;3-6H,1-2H3;2H,1H3. The van der Waals surface area contributed by atoms with Crippen LogP contribution in [0.15, 0.2) is 42.5 Å². The number of likely N-dealkylation sites (tertiary alicyclic amines) is 1. The van der Waals surface area contributed by atoms with Crippen LogP contribution < -0.4 is 0 Å². The zero-order chi connectivity index (χ0) is 33.6. The van der Waals surface area contributed by atoms with Gasteiger partial charge in [0.15, 0.2) is 0 Å². The first-order valence-corrected chi connectivity index (χ1v) is 15.3. The molecule has 2 atom stereocenters. The van der Waals surface area contributed by atoms with Crippen LogP contribution in [-0.2, 0) is 22.3 Å². The number of halogens is 7. The number of amides is 1. The van der Waals surface area contributed by atoms with Crippen LogP contribution in [0, 0.1) is 19.3 Å². The Balaban J connectivity index is 0.000000397. The van der Waals surface area contributed by atoms with Crippen molar-refractivity contribution in [3.63, 3.8) is 0 Å². The van der Waals surface area contributed by atoms with E-state index in [2.05, 4.69) is 38.1 Å². The molecule has 1 saturated heterocycles. The molecule has 2 aromatic rings. The fraction of sp³-hybridized carbons (Fsp3) is 0.618. The van der Waals surface area contributed by atoms with Crippen molar-refractivity contribution in [1.82, 2.24) is 4.90 Å². The van der Waals surface area contributed by atoms with Crippen LogP contribution in [0.25, 0.3) is 0 Å². The molecule has 250 valence electrons. The van der Waals surface area contributed by atoms with E-state index >= 15 is 0 Å². The molecule has 3 aliphatic carbocycles. The maximum absolute atomic E-state index is 14.7. The molecule has 0 spiro atoms. The first kappa shape index (κ1) is 35.2. The molecule has 3 fully saturated rings. The molecule has 6 rings (SSSR count). The van der Waals surface area contributed by atoms with E-state index in [1.54, 1.807) is 4.90 Å². The number of aliphatic hydroxyl groups is 2. The molecule has 1 heterocycles. The summed E-state index contributed by atoms with van der Waals surface area (Å²) in [6.45, 7) is 6.49. The Morgan fingerprint density at radius 1 is 0.822 bits per heavy atom. The number of hydrogen-bond donors (Lipinski definition) is 2. The molecule has 0 aromatic heterocycles. The molecule has 2 saturated carbocycles. The lowest BCUT2D eigenvalue weighted by Gasteiger charge is -2.50. The number of fused-ring (bicyclic) bond motifs is 5. The van der Waals surface area contributed by atoms with Gasteiger partial charge in [0, 0.05) is 30.7 Å². The number of benzene rings is 2. The van der Waals surface area contributed by atoms with E-state index in [0.29, 0.717) is 62.8 Å². The van der Waals surface area contributed by atoms with E-state index in [0.717, 1.165) is 20.0 Å². The van der Waals surface area contributed by atoms with Crippen LogP contribution in [-0.4, -0.2) is 58.7 Å². The highest BCUT2D eigenvalue weighted by Crippen LogP contribution is 2.57. The fourth-order valence-corrected chi connectivity index (χ4v) is 8.12. The van der Waals surface area contributed by atoms with Crippen molar-refractivity contribution in [2.45, 2.75) is 114 Å². The lowest BCUT2D eigenvalue weighted by atomic mass is 9.59. The number of aryl methyl sites for hydroxylation is 2. The number of hydrogen-bond acceptors (Lipinski definition) is 3. The maximum Gasteiger partial charge on any atom is 0.435 e. The predicted molar refractivity (Wildman–Crippen MR) is 156 cm³/mol. The Hall–Kier alpha value is -2.66. The van der Waals surface area contributed by atoms with Gasteiger partial charge in [0.1, 0.15) is 0 Å². The van der Waals surface area contributed by atoms with Gasteiger partial charge < -0.3 is 15.1 Å². The molecule has 2 N–H and O–H groups in total. The van der Waals surface area contributed by atoms with Crippen molar-refractivity contribution in [1.29, 1.82) is 0 Å². The molecule has 2 bridgehead atoms. The average Bonchev–Trinajstić information content (AvgIpc) is 3.44. The predicted octanol–water partition coefficient (Wildman–Crippen LogP) is 7.78. The number of alkyl halides is 7. The van der Waals surface area contributed by atoms with Crippen molar-refractivity contribution < 1.29 is 45.7 Å². The topological polar surface area (TPSA) is 60.8 Å². The monoisotopic (exact) mass is 645 g/mol. The SMILES string of the molecule is CC12CCN(C(=O)C34CCCC(O)(CCC3)C4)C1Cc1cc(C(F)(C(F)(F)F)C(F)(F)F)ccc12.CO.Cc1ccc(C)cc1. The van der Waals surface area contributed by atoms with Gasteiger partial charge in [-0.05, 0) is 82.8 Å². The van der Waals surface area contributed by atoms with Gasteiger partial charge in [0.2, 0.25) is 5.91 Å². The summed E-state index contributed by atoms with van der Waals surface area (Å²) in [4.78, 5) is 15.6. The summed E-state index contributed by atoms with van der Waals surface area (Å²) in [5.74, 6) is -0.0810. The maximum atomic E-state index is 14.7. The van der Waals surface area contributed by atoms with Crippen LogP contribution in [0.3, 0.4) is 0 Å². The highest BCUT2D eigenvalue weighted by atomic mass is 19.4. The molecule has 0 radical (unpaired) electrons. The molecule has 2 unspecified atom stereocenters. The summed E-state index contributed by atoms with van der Waals surface area (Å²) in [7, 11) is 1.00. The highest BCUT2D eigenvalue weighted by molar-refractivity contribution is 5.84. The van der Waals surface area contributed by atoms with Gasteiger partial charge in [0.05, 0.1) is 11.0 Å². The van der Waals surface area contributed by atoms with Gasteiger partial charge in [-0.15, -0.1) is 0 Å². The summed E-state index contributed by atoms with van der Waals surface area (Å²) >= 11 is 0. The van der Waals surface area contributed by atoms with Crippen LogP contribution >= 0.6 is 0 Å².